The molecule has 0 saturated heterocycles. The van der Waals surface area contributed by atoms with Gasteiger partial charge in [-0.1, -0.05) is 28.1 Å². The summed E-state index contributed by atoms with van der Waals surface area (Å²) in [6.07, 6.45) is -5.67. The van der Waals surface area contributed by atoms with Crippen molar-refractivity contribution in [3.05, 3.63) is 34.3 Å². The summed E-state index contributed by atoms with van der Waals surface area (Å²) in [6, 6.07) is 6.49. The van der Waals surface area contributed by atoms with E-state index in [0.29, 0.717) is 5.56 Å². The van der Waals surface area contributed by atoms with Crippen LogP contribution in [-0.2, 0) is 0 Å². The Labute approximate surface area is 126 Å². The molecule has 1 aromatic carbocycles. The normalized spacial score (nSPS) is 22.9. The maximum absolute atomic E-state index is 13.0. The molecule has 9 heteroatoms. The van der Waals surface area contributed by atoms with E-state index in [1.54, 1.807) is 24.3 Å². The molecule has 0 bridgehead atoms. The van der Waals surface area contributed by atoms with Gasteiger partial charge in [-0.25, -0.2) is 0 Å². The fourth-order valence-corrected chi connectivity index (χ4v) is 2.26. The monoisotopic (exact) mass is 367 g/mol. The fourth-order valence-electron chi connectivity index (χ4n) is 1.80. The summed E-state index contributed by atoms with van der Waals surface area (Å²) >= 11 is 7.75. The summed E-state index contributed by atoms with van der Waals surface area (Å²) in [4.78, 5) is 0. The Morgan fingerprint density at radius 3 is 2.35 bits per heavy atom. The molecule has 0 amide bonds. The maximum atomic E-state index is 13.0. The Kier molecular flexibility index (Phi) is 3.78. The Morgan fingerprint density at radius 2 is 1.95 bits per heavy atom. The molecule has 0 aliphatic carbocycles. The van der Waals surface area contributed by atoms with Crippen molar-refractivity contribution in [3.8, 4) is 0 Å². The Hall–Kier alpha value is -1.19. The van der Waals surface area contributed by atoms with E-state index in [-0.39, 0.29) is 10.7 Å². The highest BCUT2D eigenvalue weighted by atomic mass is 79.9. The molecule has 1 aromatic rings. The summed E-state index contributed by atoms with van der Waals surface area (Å²) in [7, 11) is 0. The van der Waals surface area contributed by atoms with E-state index in [9.17, 15) is 18.3 Å². The number of benzene rings is 1. The molecule has 0 fully saturated rings. The second-order valence-electron chi connectivity index (χ2n) is 4.19. The van der Waals surface area contributed by atoms with Crippen molar-refractivity contribution in [2.24, 2.45) is 10.8 Å². The molecule has 2 rings (SSSR count). The van der Waals surface area contributed by atoms with E-state index < -0.39 is 23.4 Å². The number of alkyl halides is 3. The first kappa shape index (κ1) is 15.2. The number of hydrogen-bond acceptors (Lipinski definition) is 3. The molecular formula is C11H9BrF3N3OS. The number of thiocarbonyl (C=S) groups is 1. The van der Waals surface area contributed by atoms with Gasteiger partial charge in [-0.2, -0.15) is 23.3 Å². The highest BCUT2D eigenvalue weighted by molar-refractivity contribution is 9.10. The van der Waals surface area contributed by atoms with E-state index in [1.165, 1.54) is 0 Å². The molecule has 1 unspecified atom stereocenters. The fraction of sp³-hybridized carbons (Fsp3) is 0.273. The third kappa shape index (κ3) is 2.52. The Morgan fingerprint density at radius 1 is 1.40 bits per heavy atom. The minimum absolute atomic E-state index is 0.0603. The quantitative estimate of drug-likeness (QED) is 0.748. The van der Waals surface area contributed by atoms with Crippen LogP contribution in [0.2, 0.25) is 0 Å². The van der Waals surface area contributed by atoms with Gasteiger partial charge in [0.05, 0.1) is 12.1 Å². The van der Waals surface area contributed by atoms with Crippen LogP contribution in [0, 0.1) is 0 Å². The van der Waals surface area contributed by atoms with Gasteiger partial charge in [-0.3, -0.25) is 0 Å². The van der Waals surface area contributed by atoms with Gasteiger partial charge in [0, 0.05) is 4.47 Å². The van der Waals surface area contributed by atoms with Crippen molar-refractivity contribution in [1.29, 1.82) is 0 Å². The minimum Gasteiger partial charge on any atom is -0.375 e. The van der Waals surface area contributed by atoms with Crippen LogP contribution in [0.3, 0.4) is 0 Å². The van der Waals surface area contributed by atoms with Gasteiger partial charge in [0.2, 0.25) is 0 Å². The van der Waals surface area contributed by atoms with Gasteiger partial charge in [-0.15, -0.1) is 0 Å². The van der Waals surface area contributed by atoms with Crippen LogP contribution in [-0.4, -0.2) is 32.8 Å². The lowest BCUT2D eigenvalue weighted by Crippen LogP contribution is -2.57. The van der Waals surface area contributed by atoms with E-state index in [1.807, 2.05) is 0 Å². The van der Waals surface area contributed by atoms with Gasteiger partial charge in [0.25, 0.3) is 5.72 Å². The summed E-state index contributed by atoms with van der Waals surface area (Å²) in [5, 5.41) is 13.2. The average molecular weight is 368 g/mol. The largest absolute Gasteiger partial charge is 0.438 e. The maximum Gasteiger partial charge on any atom is 0.438 e. The zero-order valence-corrected chi connectivity index (χ0v) is 12.3. The Balaban J connectivity index is 2.42. The molecule has 4 nitrogen and oxygen atoms in total. The first-order chi connectivity index (χ1) is 9.15. The lowest BCUT2D eigenvalue weighted by Gasteiger charge is -2.32. The van der Waals surface area contributed by atoms with E-state index in [4.69, 9.17) is 5.73 Å². The first-order valence-corrected chi connectivity index (χ1v) is 6.57. The van der Waals surface area contributed by atoms with Crippen molar-refractivity contribution >= 4 is 39.0 Å². The molecular weight excluding hydrogens is 359 g/mol. The summed E-state index contributed by atoms with van der Waals surface area (Å²) in [5.41, 5.74) is 2.52. The van der Waals surface area contributed by atoms with Crippen LogP contribution in [0.5, 0.6) is 0 Å². The van der Waals surface area contributed by atoms with Crippen molar-refractivity contribution in [2.45, 2.75) is 18.3 Å². The van der Waals surface area contributed by atoms with Gasteiger partial charge in [-0.05, 0) is 29.9 Å². The van der Waals surface area contributed by atoms with Crippen molar-refractivity contribution < 1.29 is 18.3 Å². The molecule has 1 heterocycles. The topological polar surface area (TPSA) is 61.8 Å². The lowest BCUT2D eigenvalue weighted by molar-refractivity contribution is -0.294. The smallest absolute Gasteiger partial charge is 0.375 e. The predicted octanol–water partition coefficient (Wildman–Crippen LogP) is 2.35. The molecule has 1 aliphatic rings. The third-order valence-electron chi connectivity index (χ3n) is 2.83. The van der Waals surface area contributed by atoms with Crippen LogP contribution >= 0.6 is 28.1 Å². The Bertz CT molecular complexity index is 575. The van der Waals surface area contributed by atoms with E-state index >= 15 is 0 Å². The molecule has 108 valence electrons. The predicted molar refractivity (Wildman–Crippen MR) is 74.9 cm³/mol. The number of nitrogens with zero attached hydrogens (tertiary/aromatic N) is 2. The van der Waals surface area contributed by atoms with Crippen molar-refractivity contribution in [1.82, 2.24) is 5.01 Å². The number of halogens is 4. The highest BCUT2D eigenvalue weighted by Crippen LogP contribution is 2.41. The number of hydrogen-bond donors (Lipinski definition) is 2. The van der Waals surface area contributed by atoms with Gasteiger partial charge in [0.15, 0.2) is 5.11 Å². The molecule has 0 spiro atoms. The zero-order chi connectivity index (χ0) is 15.1. The lowest BCUT2D eigenvalue weighted by atomic mass is 10.0. The summed E-state index contributed by atoms with van der Waals surface area (Å²) in [5.74, 6) is 0. The molecule has 20 heavy (non-hydrogen) atoms. The molecule has 0 radical (unpaired) electrons. The van der Waals surface area contributed by atoms with Crippen LogP contribution in [0.15, 0.2) is 33.8 Å². The highest BCUT2D eigenvalue weighted by Gasteiger charge is 2.62. The number of hydrazone groups is 1. The van der Waals surface area contributed by atoms with Crippen LogP contribution in [0.1, 0.15) is 12.0 Å². The van der Waals surface area contributed by atoms with Crippen LogP contribution in [0.25, 0.3) is 0 Å². The van der Waals surface area contributed by atoms with Crippen molar-refractivity contribution in [2.75, 3.05) is 0 Å². The zero-order valence-electron chi connectivity index (χ0n) is 9.86. The molecule has 0 saturated carbocycles. The van der Waals surface area contributed by atoms with E-state index in [2.05, 4.69) is 33.2 Å². The third-order valence-corrected chi connectivity index (χ3v) is 3.53. The minimum atomic E-state index is -4.93. The molecule has 1 atom stereocenters. The van der Waals surface area contributed by atoms with Crippen LogP contribution in [0.4, 0.5) is 13.2 Å². The van der Waals surface area contributed by atoms with E-state index in [0.717, 1.165) is 4.47 Å². The van der Waals surface area contributed by atoms with Gasteiger partial charge < -0.3 is 10.8 Å². The first-order valence-electron chi connectivity index (χ1n) is 5.37. The van der Waals surface area contributed by atoms with Crippen molar-refractivity contribution in [3.63, 3.8) is 0 Å². The second kappa shape index (κ2) is 4.97. The number of nitrogens with two attached hydrogens (primary N) is 1. The van der Waals surface area contributed by atoms with Gasteiger partial charge >= 0.3 is 6.18 Å². The molecule has 0 aromatic heterocycles. The SMILES string of the molecule is NC(=S)N1N=C(c2ccc(Br)cc2)CC1(O)C(F)(F)F. The number of aliphatic hydroxyl groups is 1. The standard InChI is InChI=1S/C11H9BrF3N3OS/c12-7-3-1-6(2-4-7)8-5-10(19,11(13,14)15)18(17-8)9(16)20/h1-4,19H,5H2,(H2,16,20). The second-order valence-corrected chi connectivity index (χ2v) is 5.53. The van der Waals surface area contributed by atoms with Gasteiger partial charge in [0.1, 0.15) is 0 Å². The summed E-state index contributed by atoms with van der Waals surface area (Å²) < 4.78 is 39.8. The molecule has 3 N–H and O–H groups in total. The van der Waals surface area contributed by atoms with Crippen LogP contribution < -0.4 is 5.73 Å². The number of rotatable bonds is 1. The molecule has 1 aliphatic heterocycles. The average Bonchev–Trinajstić information content (AvgIpc) is 2.69. The summed E-state index contributed by atoms with van der Waals surface area (Å²) in [6.45, 7) is 0.